The Morgan fingerprint density at radius 3 is 2.72 bits per heavy atom. The average Bonchev–Trinajstić information content (AvgIpc) is 2.33. The number of rotatable bonds is 3. The van der Waals surface area contributed by atoms with E-state index >= 15 is 0 Å². The fraction of sp³-hybridized carbons (Fsp3) is 0.846. The summed E-state index contributed by atoms with van der Waals surface area (Å²) < 4.78 is 0. The second-order valence-electron chi connectivity index (χ2n) is 5.54. The van der Waals surface area contributed by atoms with E-state index < -0.39 is 0 Å². The predicted molar refractivity (Wildman–Crippen MR) is 66.7 cm³/mol. The van der Waals surface area contributed by atoms with Gasteiger partial charge < -0.3 is 15.3 Å². The Balaban J connectivity index is 1.72. The molecule has 1 aliphatic heterocycles. The van der Waals surface area contributed by atoms with Gasteiger partial charge in [-0.25, -0.2) is 0 Å². The van der Waals surface area contributed by atoms with Crippen molar-refractivity contribution in [3.63, 3.8) is 0 Å². The fourth-order valence-corrected chi connectivity index (χ4v) is 2.73. The minimum Gasteiger partial charge on any atom is -0.393 e. The van der Waals surface area contributed by atoms with Crippen LogP contribution in [0.2, 0.25) is 0 Å². The number of likely N-dealkylation sites (tertiary alicyclic amines) is 1. The van der Waals surface area contributed by atoms with Crippen LogP contribution < -0.4 is 5.32 Å². The molecule has 5 heteroatoms. The minimum absolute atomic E-state index is 0.0506. The summed E-state index contributed by atoms with van der Waals surface area (Å²) in [6.07, 6.45) is 3.19. The summed E-state index contributed by atoms with van der Waals surface area (Å²) in [5.74, 6) is 0.473. The van der Waals surface area contributed by atoms with Crippen molar-refractivity contribution in [1.82, 2.24) is 10.2 Å². The molecular formula is C13H22N2O3. The quantitative estimate of drug-likeness (QED) is 0.752. The van der Waals surface area contributed by atoms with Gasteiger partial charge in [-0.3, -0.25) is 9.59 Å². The number of aliphatic hydroxyl groups excluding tert-OH is 1. The maximum absolute atomic E-state index is 12.0. The molecule has 2 N–H and O–H groups in total. The molecule has 0 aromatic rings. The molecule has 0 spiro atoms. The Kier molecular flexibility index (Phi) is 4.22. The molecule has 2 fully saturated rings. The highest BCUT2D eigenvalue weighted by Crippen LogP contribution is 2.26. The van der Waals surface area contributed by atoms with E-state index in [0.717, 1.165) is 32.2 Å². The lowest BCUT2D eigenvalue weighted by atomic mass is 9.82. The number of aliphatic hydroxyl groups is 1. The first-order valence-electron chi connectivity index (χ1n) is 6.77. The van der Waals surface area contributed by atoms with Crippen LogP contribution in [0.5, 0.6) is 0 Å². The SMILES string of the molecule is CC(=O)N1CCCC(C(=O)NCC2CC(O)C2)C1. The maximum atomic E-state index is 12.0. The molecule has 1 atom stereocenters. The smallest absolute Gasteiger partial charge is 0.224 e. The molecule has 102 valence electrons. The molecular weight excluding hydrogens is 232 g/mol. The van der Waals surface area contributed by atoms with Crippen molar-refractivity contribution in [2.45, 2.75) is 38.7 Å². The predicted octanol–water partition coefficient (Wildman–Crippen LogP) is 0.132. The number of nitrogens with zero attached hydrogens (tertiary/aromatic N) is 1. The van der Waals surface area contributed by atoms with Crippen LogP contribution in [0.1, 0.15) is 32.6 Å². The largest absolute Gasteiger partial charge is 0.393 e. The number of nitrogens with one attached hydrogen (secondary N) is 1. The summed E-state index contributed by atoms with van der Waals surface area (Å²) in [7, 11) is 0. The van der Waals surface area contributed by atoms with Gasteiger partial charge in [-0.2, -0.15) is 0 Å². The lowest BCUT2D eigenvalue weighted by Crippen LogP contribution is -2.46. The highest BCUT2D eigenvalue weighted by molar-refractivity contribution is 5.80. The van der Waals surface area contributed by atoms with Gasteiger partial charge in [0, 0.05) is 26.6 Å². The van der Waals surface area contributed by atoms with Crippen molar-refractivity contribution >= 4 is 11.8 Å². The average molecular weight is 254 g/mol. The molecule has 1 saturated heterocycles. The van der Waals surface area contributed by atoms with Crippen molar-refractivity contribution < 1.29 is 14.7 Å². The first-order chi connectivity index (χ1) is 8.56. The summed E-state index contributed by atoms with van der Waals surface area (Å²) in [5.41, 5.74) is 0. The molecule has 18 heavy (non-hydrogen) atoms. The Hall–Kier alpha value is -1.10. The van der Waals surface area contributed by atoms with E-state index in [0.29, 0.717) is 19.0 Å². The van der Waals surface area contributed by atoms with Crippen molar-refractivity contribution in [3.8, 4) is 0 Å². The molecule has 2 rings (SSSR count). The highest BCUT2D eigenvalue weighted by Gasteiger charge is 2.30. The van der Waals surface area contributed by atoms with Crippen molar-refractivity contribution in [2.24, 2.45) is 11.8 Å². The van der Waals surface area contributed by atoms with E-state index in [4.69, 9.17) is 0 Å². The van der Waals surface area contributed by atoms with Crippen LogP contribution in [-0.2, 0) is 9.59 Å². The Morgan fingerprint density at radius 2 is 2.11 bits per heavy atom. The molecule has 0 aromatic heterocycles. The molecule has 1 saturated carbocycles. The van der Waals surface area contributed by atoms with E-state index in [-0.39, 0.29) is 23.8 Å². The van der Waals surface area contributed by atoms with Crippen molar-refractivity contribution in [2.75, 3.05) is 19.6 Å². The normalized spacial score (nSPS) is 31.7. The summed E-state index contributed by atoms with van der Waals surface area (Å²) in [6, 6.07) is 0. The summed E-state index contributed by atoms with van der Waals surface area (Å²) in [5, 5.41) is 12.1. The molecule has 2 aliphatic rings. The molecule has 2 amide bonds. The number of hydrogen-bond donors (Lipinski definition) is 2. The Bertz CT molecular complexity index is 326. The number of piperidine rings is 1. The molecule has 0 aromatic carbocycles. The van der Waals surface area contributed by atoms with Gasteiger partial charge in [0.05, 0.1) is 12.0 Å². The van der Waals surface area contributed by atoms with Crippen LogP contribution in [0.3, 0.4) is 0 Å². The van der Waals surface area contributed by atoms with Crippen molar-refractivity contribution in [1.29, 1.82) is 0 Å². The number of hydrogen-bond acceptors (Lipinski definition) is 3. The van der Waals surface area contributed by atoms with Crippen LogP contribution >= 0.6 is 0 Å². The van der Waals surface area contributed by atoms with Gasteiger partial charge in [-0.15, -0.1) is 0 Å². The van der Waals surface area contributed by atoms with Gasteiger partial charge in [-0.05, 0) is 31.6 Å². The monoisotopic (exact) mass is 254 g/mol. The maximum Gasteiger partial charge on any atom is 0.224 e. The second kappa shape index (κ2) is 5.69. The molecule has 1 unspecified atom stereocenters. The van der Waals surface area contributed by atoms with Gasteiger partial charge in [0.25, 0.3) is 0 Å². The van der Waals surface area contributed by atoms with Gasteiger partial charge in [0.2, 0.25) is 11.8 Å². The zero-order valence-corrected chi connectivity index (χ0v) is 10.9. The number of amides is 2. The second-order valence-corrected chi connectivity index (χ2v) is 5.54. The zero-order chi connectivity index (χ0) is 13.1. The zero-order valence-electron chi connectivity index (χ0n) is 10.9. The molecule has 5 nitrogen and oxygen atoms in total. The van der Waals surface area contributed by atoms with E-state index in [9.17, 15) is 14.7 Å². The first-order valence-corrected chi connectivity index (χ1v) is 6.77. The fourth-order valence-electron chi connectivity index (χ4n) is 2.73. The number of carbonyl (C=O) groups excluding carboxylic acids is 2. The summed E-state index contributed by atoms with van der Waals surface area (Å²) in [4.78, 5) is 25.0. The summed E-state index contributed by atoms with van der Waals surface area (Å²) in [6.45, 7) is 3.53. The number of carbonyl (C=O) groups is 2. The van der Waals surface area contributed by atoms with Gasteiger partial charge in [0.1, 0.15) is 0 Å². The van der Waals surface area contributed by atoms with E-state index in [1.807, 2.05) is 0 Å². The topological polar surface area (TPSA) is 69.6 Å². The van der Waals surface area contributed by atoms with E-state index in [1.165, 1.54) is 0 Å². The van der Waals surface area contributed by atoms with Crippen LogP contribution in [0.25, 0.3) is 0 Å². The molecule has 1 aliphatic carbocycles. The molecule has 0 bridgehead atoms. The third kappa shape index (κ3) is 3.22. The molecule has 0 radical (unpaired) electrons. The van der Waals surface area contributed by atoms with Crippen LogP contribution in [0.4, 0.5) is 0 Å². The van der Waals surface area contributed by atoms with Gasteiger partial charge >= 0.3 is 0 Å². The highest BCUT2D eigenvalue weighted by atomic mass is 16.3. The third-order valence-electron chi connectivity index (χ3n) is 4.01. The van der Waals surface area contributed by atoms with Crippen LogP contribution in [-0.4, -0.2) is 47.6 Å². The minimum atomic E-state index is -0.171. The lowest BCUT2D eigenvalue weighted by Gasteiger charge is -2.34. The Labute approximate surface area is 108 Å². The van der Waals surface area contributed by atoms with Crippen LogP contribution in [0.15, 0.2) is 0 Å². The van der Waals surface area contributed by atoms with Gasteiger partial charge in [0.15, 0.2) is 0 Å². The van der Waals surface area contributed by atoms with Crippen molar-refractivity contribution in [3.05, 3.63) is 0 Å². The van der Waals surface area contributed by atoms with E-state index in [1.54, 1.807) is 11.8 Å². The molecule has 1 heterocycles. The first kappa shape index (κ1) is 13.3. The third-order valence-corrected chi connectivity index (χ3v) is 4.01. The van der Waals surface area contributed by atoms with E-state index in [2.05, 4.69) is 5.32 Å². The van der Waals surface area contributed by atoms with Crippen LogP contribution in [0, 0.1) is 11.8 Å². The van der Waals surface area contributed by atoms with Gasteiger partial charge in [-0.1, -0.05) is 0 Å². The lowest BCUT2D eigenvalue weighted by molar-refractivity contribution is -0.134. The Morgan fingerprint density at radius 1 is 1.39 bits per heavy atom. The standard InChI is InChI=1S/C13H22N2O3/c1-9(16)15-4-2-3-11(8-15)13(18)14-7-10-5-12(17)6-10/h10-12,17H,2-8H2,1H3,(H,14,18). The summed E-state index contributed by atoms with van der Waals surface area (Å²) >= 11 is 0.